The van der Waals surface area contributed by atoms with Gasteiger partial charge >= 0.3 is 0 Å². The standard InChI is InChI=1S/C10H10BrN3/c11-7-1-2-8-5-13-9(14(8)6-7)10(12)3-4-10/h1-2,5-6H,3-4,12H2. The summed E-state index contributed by atoms with van der Waals surface area (Å²) in [6, 6.07) is 4.04. The molecule has 3 rings (SSSR count). The van der Waals surface area contributed by atoms with Crippen molar-refractivity contribution in [3.63, 3.8) is 0 Å². The van der Waals surface area contributed by atoms with Gasteiger partial charge in [0.1, 0.15) is 5.82 Å². The molecule has 1 saturated carbocycles. The van der Waals surface area contributed by atoms with Gasteiger partial charge in [-0.3, -0.25) is 0 Å². The molecular formula is C10H10BrN3. The van der Waals surface area contributed by atoms with E-state index in [1.54, 1.807) is 0 Å². The van der Waals surface area contributed by atoms with Crippen LogP contribution in [0, 0.1) is 0 Å². The predicted octanol–water partition coefficient (Wildman–Crippen LogP) is 2.04. The summed E-state index contributed by atoms with van der Waals surface area (Å²) in [7, 11) is 0. The third kappa shape index (κ3) is 1.11. The minimum Gasteiger partial charge on any atom is -0.319 e. The molecule has 1 fully saturated rings. The number of hydrogen-bond acceptors (Lipinski definition) is 2. The quantitative estimate of drug-likeness (QED) is 0.844. The van der Waals surface area contributed by atoms with E-state index in [9.17, 15) is 0 Å². The molecule has 1 aliphatic rings. The highest BCUT2D eigenvalue weighted by Gasteiger charge is 2.43. The highest BCUT2D eigenvalue weighted by atomic mass is 79.9. The molecule has 0 amide bonds. The topological polar surface area (TPSA) is 43.3 Å². The smallest absolute Gasteiger partial charge is 0.133 e. The molecule has 0 spiro atoms. The fraction of sp³-hybridized carbons (Fsp3) is 0.300. The van der Waals surface area contributed by atoms with E-state index in [1.807, 2.05) is 24.5 Å². The van der Waals surface area contributed by atoms with Crippen LogP contribution in [0.15, 0.2) is 29.0 Å². The Hall–Kier alpha value is -0.870. The molecule has 0 atom stereocenters. The second-order valence-electron chi connectivity index (χ2n) is 3.88. The summed E-state index contributed by atoms with van der Waals surface area (Å²) in [4.78, 5) is 4.39. The number of pyridine rings is 1. The van der Waals surface area contributed by atoms with E-state index >= 15 is 0 Å². The Balaban J connectivity index is 2.29. The van der Waals surface area contributed by atoms with Crippen molar-refractivity contribution in [3.05, 3.63) is 34.8 Å². The Morgan fingerprint density at radius 2 is 2.21 bits per heavy atom. The van der Waals surface area contributed by atoms with Gasteiger partial charge in [0.25, 0.3) is 0 Å². The van der Waals surface area contributed by atoms with E-state index in [0.717, 1.165) is 28.7 Å². The molecular weight excluding hydrogens is 242 g/mol. The zero-order valence-electron chi connectivity index (χ0n) is 7.57. The minimum absolute atomic E-state index is 0.173. The molecule has 2 aromatic heterocycles. The summed E-state index contributed by atoms with van der Waals surface area (Å²) >= 11 is 3.45. The second kappa shape index (κ2) is 2.58. The van der Waals surface area contributed by atoms with Gasteiger partial charge in [-0.2, -0.15) is 0 Å². The van der Waals surface area contributed by atoms with Crippen molar-refractivity contribution in [2.24, 2.45) is 5.73 Å². The monoisotopic (exact) mass is 251 g/mol. The molecule has 2 N–H and O–H groups in total. The van der Waals surface area contributed by atoms with E-state index in [0.29, 0.717) is 0 Å². The van der Waals surface area contributed by atoms with Crippen molar-refractivity contribution in [2.75, 3.05) is 0 Å². The van der Waals surface area contributed by atoms with Crippen molar-refractivity contribution in [1.82, 2.24) is 9.38 Å². The van der Waals surface area contributed by atoms with Crippen LogP contribution in [0.1, 0.15) is 18.7 Å². The molecule has 2 heterocycles. The lowest BCUT2D eigenvalue weighted by Crippen LogP contribution is -2.22. The lowest BCUT2D eigenvalue weighted by molar-refractivity contribution is 0.668. The van der Waals surface area contributed by atoms with Crippen LogP contribution in [0.5, 0.6) is 0 Å². The summed E-state index contributed by atoms with van der Waals surface area (Å²) < 4.78 is 3.12. The second-order valence-corrected chi connectivity index (χ2v) is 4.80. The lowest BCUT2D eigenvalue weighted by atomic mass is 10.3. The van der Waals surface area contributed by atoms with Gasteiger partial charge in [0.05, 0.1) is 17.3 Å². The van der Waals surface area contributed by atoms with E-state index < -0.39 is 0 Å². The SMILES string of the molecule is NC1(c2ncc3ccc(Br)cn23)CC1. The van der Waals surface area contributed by atoms with E-state index in [-0.39, 0.29) is 5.54 Å². The van der Waals surface area contributed by atoms with Gasteiger partial charge < -0.3 is 10.1 Å². The zero-order valence-corrected chi connectivity index (χ0v) is 9.16. The fourth-order valence-corrected chi connectivity index (χ4v) is 2.03. The molecule has 72 valence electrons. The third-order valence-corrected chi connectivity index (χ3v) is 3.19. The zero-order chi connectivity index (χ0) is 9.76. The third-order valence-electron chi connectivity index (χ3n) is 2.73. The highest BCUT2D eigenvalue weighted by Crippen LogP contribution is 2.41. The molecule has 0 bridgehead atoms. The average molecular weight is 252 g/mol. The summed E-state index contributed by atoms with van der Waals surface area (Å²) in [5, 5.41) is 0. The molecule has 0 unspecified atom stereocenters. The number of nitrogens with two attached hydrogens (primary N) is 1. The first-order valence-corrected chi connectivity index (χ1v) is 5.40. The van der Waals surface area contributed by atoms with Crippen molar-refractivity contribution in [2.45, 2.75) is 18.4 Å². The van der Waals surface area contributed by atoms with Gasteiger partial charge in [0.15, 0.2) is 0 Å². The summed E-state index contributed by atoms with van der Waals surface area (Å²) in [5.41, 5.74) is 7.05. The van der Waals surface area contributed by atoms with E-state index in [4.69, 9.17) is 5.73 Å². The number of imidazole rings is 1. The number of hydrogen-bond donors (Lipinski definition) is 1. The highest BCUT2D eigenvalue weighted by molar-refractivity contribution is 9.10. The van der Waals surface area contributed by atoms with Gasteiger partial charge in [0, 0.05) is 10.7 Å². The van der Waals surface area contributed by atoms with E-state index in [1.165, 1.54) is 0 Å². The number of nitrogens with zero attached hydrogens (tertiary/aromatic N) is 2. The van der Waals surface area contributed by atoms with Crippen molar-refractivity contribution in [1.29, 1.82) is 0 Å². The van der Waals surface area contributed by atoms with Gasteiger partial charge in [-0.25, -0.2) is 4.98 Å². The van der Waals surface area contributed by atoms with Gasteiger partial charge in [-0.15, -0.1) is 0 Å². The molecule has 14 heavy (non-hydrogen) atoms. The molecule has 0 aliphatic heterocycles. The first kappa shape index (κ1) is 8.44. The Labute approximate surface area is 90.1 Å². The maximum Gasteiger partial charge on any atom is 0.133 e. The first-order valence-electron chi connectivity index (χ1n) is 4.61. The maximum atomic E-state index is 6.13. The summed E-state index contributed by atoms with van der Waals surface area (Å²) in [5.74, 6) is 0.980. The van der Waals surface area contributed by atoms with Crippen molar-refractivity contribution >= 4 is 21.4 Å². The van der Waals surface area contributed by atoms with Crippen molar-refractivity contribution < 1.29 is 0 Å². The fourth-order valence-electron chi connectivity index (χ4n) is 1.69. The molecule has 0 radical (unpaired) electrons. The van der Waals surface area contributed by atoms with Gasteiger partial charge in [0.2, 0.25) is 0 Å². The number of rotatable bonds is 1. The van der Waals surface area contributed by atoms with Crippen LogP contribution >= 0.6 is 15.9 Å². The van der Waals surface area contributed by atoms with Crippen LogP contribution in [-0.2, 0) is 5.54 Å². The van der Waals surface area contributed by atoms with Crippen LogP contribution in [0.4, 0.5) is 0 Å². The largest absolute Gasteiger partial charge is 0.319 e. The van der Waals surface area contributed by atoms with Crippen molar-refractivity contribution in [3.8, 4) is 0 Å². The normalized spacial score (nSPS) is 18.7. The molecule has 0 saturated heterocycles. The number of aromatic nitrogens is 2. The van der Waals surface area contributed by atoms with Crippen LogP contribution in [0.3, 0.4) is 0 Å². The Kier molecular flexibility index (Phi) is 1.56. The van der Waals surface area contributed by atoms with Crippen LogP contribution in [0.2, 0.25) is 0 Å². The molecule has 0 aromatic carbocycles. The van der Waals surface area contributed by atoms with Crippen LogP contribution in [-0.4, -0.2) is 9.38 Å². The summed E-state index contributed by atoms with van der Waals surface area (Å²) in [6.45, 7) is 0. The Bertz CT molecular complexity index is 499. The molecule has 3 nitrogen and oxygen atoms in total. The Morgan fingerprint density at radius 1 is 1.43 bits per heavy atom. The van der Waals surface area contributed by atoms with Gasteiger partial charge in [-0.05, 0) is 40.9 Å². The average Bonchev–Trinajstić information content (AvgIpc) is 2.77. The minimum atomic E-state index is -0.173. The molecule has 2 aromatic rings. The Morgan fingerprint density at radius 3 is 2.93 bits per heavy atom. The molecule has 4 heteroatoms. The van der Waals surface area contributed by atoms with Gasteiger partial charge in [-0.1, -0.05) is 0 Å². The maximum absolute atomic E-state index is 6.13. The number of halogens is 1. The predicted molar refractivity (Wildman–Crippen MR) is 58.0 cm³/mol. The van der Waals surface area contributed by atoms with E-state index in [2.05, 4.69) is 25.3 Å². The summed E-state index contributed by atoms with van der Waals surface area (Å²) in [6.07, 6.45) is 5.97. The molecule has 1 aliphatic carbocycles. The van der Waals surface area contributed by atoms with Crippen LogP contribution in [0.25, 0.3) is 5.52 Å². The lowest BCUT2D eigenvalue weighted by Gasteiger charge is -2.07. The first-order chi connectivity index (χ1) is 6.69. The number of fused-ring (bicyclic) bond motifs is 1. The van der Waals surface area contributed by atoms with Crippen LogP contribution < -0.4 is 5.73 Å².